The molecule has 1 aromatic heterocycles. The second-order valence-electron chi connectivity index (χ2n) is 3.40. The molecule has 0 fully saturated rings. The molecule has 0 saturated heterocycles. The molecule has 5 heteroatoms. The lowest BCUT2D eigenvalue weighted by atomic mass is 10.2. The molecular weight excluding hydrogens is 208 g/mol. The maximum absolute atomic E-state index is 10.4. The Kier molecular flexibility index (Phi) is 2.78. The third-order valence-electron chi connectivity index (χ3n) is 2.18. The molecule has 5 nitrogen and oxygen atoms in total. The number of para-hydroxylation sites is 2. The summed E-state index contributed by atoms with van der Waals surface area (Å²) in [5.41, 5.74) is 1.64. The van der Waals surface area contributed by atoms with Crippen LogP contribution < -0.4 is 0 Å². The van der Waals surface area contributed by atoms with Crippen molar-refractivity contribution in [3.63, 3.8) is 0 Å². The van der Waals surface area contributed by atoms with Crippen LogP contribution in [0.15, 0.2) is 30.5 Å². The minimum atomic E-state index is -1.12. The van der Waals surface area contributed by atoms with Gasteiger partial charge in [-0.05, 0) is 12.1 Å². The number of hydrogen-bond acceptors (Lipinski definition) is 4. The zero-order valence-electron chi connectivity index (χ0n) is 8.37. The lowest BCUT2D eigenvalue weighted by Crippen LogP contribution is -2.07. The predicted molar refractivity (Wildman–Crippen MR) is 56.8 cm³/mol. The zero-order valence-corrected chi connectivity index (χ0v) is 8.37. The molecule has 0 aliphatic carbocycles. The third kappa shape index (κ3) is 2.14. The van der Waals surface area contributed by atoms with Gasteiger partial charge in [0, 0.05) is 0 Å². The SMILES string of the molecule is O=C(O)C[C@H](O)c1cnc2ccccc2n1. The van der Waals surface area contributed by atoms with Gasteiger partial charge in [-0.15, -0.1) is 0 Å². The molecule has 0 unspecified atom stereocenters. The first-order chi connectivity index (χ1) is 7.66. The lowest BCUT2D eigenvalue weighted by Gasteiger charge is -2.07. The fourth-order valence-electron chi connectivity index (χ4n) is 1.40. The van der Waals surface area contributed by atoms with Crippen molar-refractivity contribution in [2.45, 2.75) is 12.5 Å². The molecule has 82 valence electrons. The predicted octanol–water partition coefficient (Wildman–Crippen LogP) is 1.14. The van der Waals surface area contributed by atoms with Gasteiger partial charge in [0.25, 0.3) is 0 Å². The molecule has 0 bridgehead atoms. The highest BCUT2D eigenvalue weighted by atomic mass is 16.4. The molecule has 0 amide bonds. The van der Waals surface area contributed by atoms with E-state index < -0.39 is 12.1 Å². The van der Waals surface area contributed by atoms with Crippen molar-refractivity contribution in [1.29, 1.82) is 0 Å². The van der Waals surface area contributed by atoms with Gasteiger partial charge in [0.15, 0.2) is 0 Å². The Morgan fingerprint density at radius 2 is 2.00 bits per heavy atom. The standard InChI is InChI=1S/C11H10N2O3/c14-10(5-11(15)16)9-6-12-7-3-1-2-4-8(7)13-9/h1-4,6,10,14H,5H2,(H,15,16)/t10-/m0/s1. The molecule has 16 heavy (non-hydrogen) atoms. The van der Waals surface area contributed by atoms with Crippen LogP contribution in [0, 0.1) is 0 Å². The van der Waals surface area contributed by atoms with Gasteiger partial charge in [0.1, 0.15) is 6.10 Å². The third-order valence-corrected chi connectivity index (χ3v) is 2.18. The van der Waals surface area contributed by atoms with Crippen LogP contribution >= 0.6 is 0 Å². The molecule has 1 aromatic carbocycles. The van der Waals surface area contributed by atoms with Crippen LogP contribution in [0.4, 0.5) is 0 Å². The van der Waals surface area contributed by atoms with Crippen LogP contribution in [-0.2, 0) is 4.79 Å². The minimum absolute atomic E-state index is 0.279. The van der Waals surface area contributed by atoms with E-state index in [-0.39, 0.29) is 12.1 Å². The summed E-state index contributed by atoms with van der Waals surface area (Å²) in [7, 11) is 0. The number of fused-ring (bicyclic) bond motifs is 1. The summed E-state index contributed by atoms with van der Waals surface area (Å²) in [6, 6.07) is 7.21. The Morgan fingerprint density at radius 3 is 2.69 bits per heavy atom. The van der Waals surface area contributed by atoms with Crippen molar-refractivity contribution in [2.75, 3.05) is 0 Å². The Morgan fingerprint density at radius 1 is 1.31 bits per heavy atom. The van der Waals surface area contributed by atoms with Gasteiger partial charge in [0.05, 0.1) is 29.3 Å². The van der Waals surface area contributed by atoms with Gasteiger partial charge < -0.3 is 10.2 Å². The average Bonchev–Trinajstić information content (AvgIpc) is 2.27. The first kappa shape index (κ1) is 10.5. The van der Waals surface area contributed by atoms with E-state index >= 15 is 0 Å². The van der Waals surface area contributed by atoms with Crippen molar-refractivity contribution < 1.29 is 15.0 Å². The molecule has 2 aromatic rings. The van der Waals surface area contributed by atoms with Crippen molar-refractivity contribution >= 4 is 17.0 Å². The van der Waals surface area contributed by atoms with Crippen molar-refractivity contribution in [1.82, 2.24) is 9.97 Å². The summed E-state index contributed by atoms with van der Waals surface area (Å²) >= 11 is 0. The first-order valence-electron chi connectivity index (χ1n) is 4.78. The highest BCUT2D eigenvalue weighted by Gasteiger charge is 2.14. The second kappa shape index (κ2) is 4.24. The minimum Gasteiger partial charge on any atom is -0.481 e. The summed E-state index contributed by atoms with van der Waals surface area (Å²) < 4.78 is 0. The fourth-order valence-corrected chi connectivity index (χ4v) is 1.40. The smallest absolute Gasteiger partial charge is 0.306 e. The molecule has 0 aliphatic rings. The van der Waals surface area contributed by atoms with Crippen molar-refractivity contribution in [2.24, 2.45) is 0 Å². The normalized spacial score (nSPS) is 12.6. The number of carbonyl (C=O) groups is 1. The fraction of sp³-hybridized carbons (Fsp3) is 0.182. The number of nitrogens with zero attached hydrogens (tertiary/aromatic N) is 2. The Balaban J connectivity index is 2.35. The number of hydrogen-bond donors (Lipinski definition) is 2. The van der Waals surface area contributed by atoms with E-state index in [9.17, 15) is 9.90 Å². The topological polar surface area (TPSA) is 83.3 Å². The first-order valence-corrected chi connectivity index (χ1v) is 4.78. The quantitative estimate of drug-likeness (QED) is 0.807. The number of benzene rings is 1. The number of carboxylic acids is 1. The number of aromatic nitrogens is 2. The second-order valence-corrected chi connectivity index (χ2v) is 3.40. The van der Waals surface area contributed by atoms with Gasteiger partial charge in [-0.3, -0.25) is 9.78 Å². The van der Waals surface area contributed by atoms with Crippen LogP contribution in [0.5, 0.6) is 0 Å². The van der Waals surface area contributed by atoms with Crippen LogP contribution in [-0.4, -0.2) is 26.2 Å². The summed E-state index contributed by atoms with van der Waals surface area (Å²) in [4.78, 5) is 18.7. The summed E-state index contributed by atoms with van der Waals surface area (Å²) in [6.07, 6.45) is -0.0854. The van der Waals surface area contributed by atoms with Crippen molar-refractivity contribution in [3.05, 3.63) is 36.2 Å². The van der Waals surface area contributed by atoms with Crippen LogP contribution in [0.2, 0.25) is 0 Å². The molecular formula is C11H10N2O3. The van der Waals surface area contributed by atoms with Crippen molar-refractivity contribution in [3.8, 4) is 0 Å². The van der Waals surface area contributed by atoms with E-state index in [1.54, 1.807) is 12.1 Å². The van der Waals surface area contributed by atoms with Gasteiger partial charge in [-0.1, -0.05) is 12.1 Å². The highest BCUT2D eigenvalue weighted by Crippen LogP contribution is 2.16. The molecule has 2 rings (SSSR count). The molecule has 0 radical (unpaired) electrons. The van der Waals surface area contributed by atoms with E-state index in [4.69, 9.17) is 5.11 Å². The van der Waals surface area contributed by atoms with Gasteiger partial charge in [-0.25, -0.2) is 4.98 Å². The Labute approximate surface area is 91.4 Å². The van der Waals surface area contributed by atoms with Crippen LogP contribution in [0.25, 0.3) is 11.0 Å². The number of rotatable bonds is 3. The lowest BCUT2D eigenvalue weighted by molar-refractivity contribution is -0.139. The Bertz CT molecular complexity index is 527. The summed E-state index contributed by atoms with van der Waals surface area (Å²) in [5.74, 6) is -1.07. The molecule has 1 atom stereocenters. The molecule has 0 saturated carbocycles. The number of aliphatic carboxylic acids is 1. The molecule has 0 aliphatic heterocycles. The molecule has 0 spiro atoms. The van der Waals surface area contributed by atoms with E-state index in [0.717, 1.165) is 0 Å². The van der Waals surface area contributed by atoms with E-state index in [0.29, 0.717) is 11.0 Å². The zero-order chi connectivity index (χ0) is 11.5. The van der Waals surface area contributed by atoms with E-state index in [1.165, 1.54) is 6.20 Å². The average molecular weight is 218 g/mol. The Hall–Kier alpha value is -2.01. The highest BCUT2D eigenvalue weighted by molar-refractivity contribution is 5.74. The van der Waals surface area contributed by atoms with Crippen LogP contribution in [0.3, 0.4) is 0 Å². The number of carboxylic acid groups (broad SMARTS) is 1. The van der Waals surface area contributed by atoms with E-state index in [2.05, 4.69) is 9.97 Å². The number of aliphatic hydroxyl groups excluding tert-OH is 1. The van der Waals surface area contributed by atoms with Gasteiger partial charge >= 0.3 is 5.97 Å². The van der Waals surface area contributed by atoms with Gasteiger partial charge in [-0.2, -0.15) is 0 Å². The monoisotopic (exact) mass is 218 g/mol. The summed E-state index contributed by atoms with van der Waals surface area (Å²) in [6.45, 7) is 0. The largest absolute Gasteiger partial charge is 0.481 e. The van der Waals surface area contributed by atoms with Gasteiger partial charge in [0.2, 0.25) is 0 Å². The molecule has 1 heterocycles. The van der Waals surface area contributed by atoms with E-state index in [1.807, 2.05) is 12.1 Å². The van der Waals surface area contributed by atoms with Crippen LogP contribution in [0.1, 0.15) is 18.2 Å². The molecule has 2 N–H and O–H groups in total. The number of aliphatic hydroxyl groups is 1. The maximum atomic E-state index is 10.4. The maximum Gasteiger partial charge on any atom is 0.306 e. The summed E-state index contributed by atoms with van der Waals surface area (Å²) in [5, 5.41) is 18.1.